The molecular weight excluding hydrogens is 335 g/mol. The van der Waals surface area contributed by atoms with Gasteiger partial charge in [-0.1, -0.05) is 69.0 Å². The maximum absolute atomic E-state index is 14.2. The summed E-state index contributed by atoms with van der Waals surface area (Å²) in [6.45, 7) is 2.59. The number of halogens is 1. The Morgan fingerprint density at radius 2 is 1.63 bits per heavy atom. The Morgan fingerprint density at radius 3 is 2.26 bits per heavy atom. The summed E-state index contributed by atoms with van der Waals surface area (Å²) in [6.07, 6.45) is 10.9. The Hall–Kier alpha value is -1.67. The van der Waals surface area contributed by atoms with Gasteiger partial charge in [0.1, 0.15) is 5.82 Å². The van der Waals surface area contributed by atoms with Crippen molar-refractivity contribution in [3.8, 4) is 11.1 Å². The van der Waals surface area contributed by atoms with E-state index < -0.39 is 0 Å². The van der Waals surface area contributed by atoms with Gasteiger partial charge < -0.3 is 4.74 Å². The summed E-state index contributed by atoms with van der Waals surface area (Å²) in [5.41, 5.74) is 4.06. The lowest BCUT2D eigenvalue weighted by Gasteiger charge is -2.29. The molecule has 2 heteroatoms. The maximum atomic E-state index is 14.2. The molecule has 0 unspecified atom stereocenters. The van der Waals surface area contributed by atoms with Crippen LogP contribution in [0.4, 0.5) is 4.39 Å². The Kier molecular flexibility index (Phi) is 7.46. The fraction of sp³-hybridized carbons (Fsp3) is 0.520. The minimum absolute atomic E-state index is 0.195. The van der Waals surface area contributed by atoms with Crippen LogP contribution in [-0.2, 0) is 11.3 Å². The molecule has 1 fully saturated rings. The van der Waals surface area contributed by atoms with Crippen LogP contribution in [0.2, 0.25) is 0 Å². The van der Waals surface area contributed by atoms with Gasteiger partial charge in [-0.3, -0.25) is 0 Å². The van der Waals surface area contributed by atoms with Crippen LogP contribution in [0.1, 0.15) is 75.3 Å². The van der Waals surface area contributed by atoms with Crippen molar-refractivity contribution in [3.05, 3.63) is 59.4 Å². The number of ether oxygens (including phenoxy) is 1. The monoisotopic (exact) mass is 368 g/mol. The van der Waals surface area contributed by atoms with E-state index >= 15 is 0 Å². The lowest BCUT2D eigenvalue weighted by atomic mass is 9.77. The Labute approximate surface area is 164 Å². The Morgan fingerprint density at radius 1 is 0.926 bits per heavy atom. The molecule has 0 aliphatic heterocycles. The maximum Gasteiger partial charge on any atom is 0.129 e. The number of rotatable bonds is 8. The number of unbranched alkanes of at least 4 members (excludes halogenated alkanes) is 2. The summed E-state index contributed by atoms with van der Waals surface area (Å²) in [6, 6.07) is 14.2. The van der Waals surface area contributed by atoms with Crippen molar-refractivity contribution in [2.75, 3.05) is 7.11 Å². The van der Waals surface area contributed by atoms with Crippen LogP contribution in [0.5, 0.6) is 0 Å². The van der Waals surface area contributed by atoms with Crippen LogP contribution in [-0.4, -0.2) is 7.11 Å². The molecule has 146 valence electrons. The molecule has 0 saturated heterocycles. The van der Waals surface area contributed by atoms with Gasteiger partial charge in [0.25, 0.3) is 0 Å². The van der Waals surface area contributed by atoms with Crippen molar-refractivity contribution < 1.29 is 9.13 Å². The van der Waals surface area contributed by atoms with Crippen molar-refractivity contribution in [1.29, 1.82) is 0 Å². The number of benzene rings is 2. The zero-order chi connectivity index (χ0) is 19.1. The fourth-order valence-corrected chi connectivity index (χ4v) is 4.41. The van der Waals surface area contributed by atoms with E-state index in [4.69, 9.17) is 4.74 Å². The van der Waals surface area contributed by atoms with E-state index in [0.717, 1.165) is 17.0 Å². The van der Waals surface area contributed by atoms with Crippen molar-refractivity contribution in [3.63, 3.8) is 0 Å². The van der Waals surface area contributed by atoms with Crippen molar-refractivity contribution >= 4 is 0 Å². The SMILES string of the molecule is CCCCC[C@H]1CC[C@H](c2ccc(-c3ccc(COC)c(F)c3)cc2)CC1. The first kappa shape index (κ1) is 20.1. The quantitative estimate of drug-likeness (QED) is 0.438. The first-order valence-corrected chi connectivity index (χ1v) is 10.6. The second-order valence-corrected chi connectivity index (χ2v) is 8.07. The highest BCUT2D eigenvalue weighted by Crippen LogP contribution is 2.38. The van der Waals surface area contributed by atoms with Crippen molar-refractivity contribution in [2.45, 2.75) is 70.8 Å². The van der Waals surface area contributed by atoms with Gasteiger partial charge in [-0.05, 0) is 60.3 Å². The van der Waals surface area contributed by atoms with Gasteiger partial charge >= 0.3 is 0 Å². The highest BCUT2D eigenvalue weighted by atomic mass is 19.1. The summed E-state index contributed by atoms with van der Waals surface area (Å²) in [4.78, 5) is 0. The molecule has 2 aromatic carbocycles. The predicted molar refractivity (Wildman–Crippen MR) is 111 cm³/mol. The topological polar surface area (TPSA) is 9.23 Å². The standard InChI is InChI=1S/C25H33FO/c1-3-4-5-6-19-7-9-20(10-8-19)21-11-13-22(14-12-21)23-15-16-24(18-27-2)25(26)17-23/h11-17,19-20H,3-10,18H2,1-2H3/t19-,20-. The summed E-state index contributed by atoms with van der Waals surface area (Å²) in [5, 5.41) is 0. The van der Waals surface area contributed by atoms with Crippen LogP contribution in [0, 0.1) is 11.7 Å². The minimum atomic E-state index is -0.195. The largest absolute Gasteiger partial charge is 0.380 e. The predicted octanol–water partition coefficient (Wildman–Crippen LogP) is 7.49. The van der Waals surface area contributed by atoms with Gasteiger partial charge in [-0.25, -0.2) is 4.39 Å². The average Bonchev–Trinajstić information content (AvgIpc) is 2.71. The summed E-state index contributed by atoms with van der Waals surface area (Å²) >= 11 is 0. The summed E-state index contributed by atoms with van der Waals surface area (Å²) < 4.78 is 19.2. The number of methoxy groups -OCH3 is 1. The van der Waals surface area contributed by atoms with E-state index in [1.807, 2.05) is 12.1 Å². The molecule has 27 heavy (non-hydrogen) atoms. The average molecular weight is 369 g/mol. The molecule has 1 aliphatic carbocycles. The highest BCUT2D eigenvalue weighted by Gasteiger charge is 2.22. The van der Waals surface area contributed by atoms with Gasteiger partial charge in [-0.2, -0.15) is 0 Å². The summed E-state index contributed by atoms with van der Waals surface area (Å²) in [7, 11) is 1.59. The molecule has 1 saturated carbocycles. The molecule has 0 aromatic heterocycles. The third kappa shape index (κ3) is 5.42. The molecule has 0 atom stereocenters. The molecular formula is C25H33FO. The molecule has 3 rings (SSSR count). The summed E-state index contributed by atoms with van der Waals surface area (Å²) in [5.74, 6) is 1.45. The first-order valence-electron chi connectivity index (χ1n) is 10.6. The minimum Gasteiger partial charge on any atom is -0.380 e. The van der Waals surface area contributed by atoms with E-state index in [-0.39, 0.29) is 5.82 Å². The number of hydrogen-bond donors (Lipinski definition) is 0. The van der Waals surface area contributed by atoms with Gasteiger partial charge in [0.2, 0.25) is 0 Å². The van der Waals surface area contributed by atoms with Gasteiger partial charge in [-0.15, -0.1) is 0 Å². The lowest BCUT2D eigenvalue weighted by Crippen LogP contribution is -2.13. The zero-order valence-corrected chi connectivity index (χ0v) is 16.8. The first-order chi connectivity index (χ1) is 13.2. The molecule has 0 radical (unpaired) electrons. The normalized spacial score (nSPS) is 20.0. The Balaban J connectivity index is 1.59. The third-order valence-electron chi connectivity index (χ3n) is 6.13. The molecule has 0 N–H and O–H groups in total. The van der Waals surface area contributed by atoms with E-state index in [2.05, 4.69) is 31.2 Å². The molecule has 0 bridgehead atoms. The zero-order valence-electron chi connectivity index (χ0n) is 16.8. The fourth-order valence-electron chi connectivity index (χ4n) is 4.41. The molecule has 1 aliphatic rings. The second kappa shape index (κ2) is 10.0. The molecule has 0 heterocycles. The van der Waals surface area contributed by atoms with Crippen LogP contribution in [0.15, 0.2) is 42.5 Å². The highest BCUT2D eigenvalue weighted by molar-refractivity contribution is 5.64. The van der Waals surface area contributed by atoms with Crippen molar-refractivity contribution in [1.82, 2.24) is 0 Å². The molecule has 0 amide bonds. The second-order valence-electron chi connectivity index (χ2n) is 8.07. The number of hydrogen-bond acceptors (Lipinski definition) is 1. The van der Waals surface area contributed by atoms with Crippen LogP contribution < -0.4 is 0 Å². The van der Waals surface area contributed by atoms with Crippen LogP contribution >= 0.6 is 0 Å². The van der Waals surface area contributed by atoms with Gasteiger partial charge in [0.15, 0.2) is 0 Å². The van der Waals surface area contributed by atoms with Crippen LogP contribution in [0.25, 0.3) is 11.1 Å². The van der Waals surface area contributed by atoms with E-state index in [1.54, 1.807) is 13.2 Å². The van der Waals surface area contributed by atoms with Gasteiger partial charge in [0, 0.05) is 12.7 Å². The van der Waals surface area contributed by atoms with E-state index in [1.165, 1.54) is 56.9 Å². The lowest BCUT2D eigenvalue weighted by molar-refractivity contribution is 0.181. The van der Waals surface area contributed by atoms with Gasteiger partial charge in [0.05, 0.1) is 6.61 Å². The molecule has 1 nitrogen and oxygen atoms in total. The molecule has 2 aromatic rings. The Bertz CT molecular complexity index is 699. The molecule has 0 spiro atoms. The van der Waals surface area contributed by atoms with E-state index in [9.17, 15) is 4.39 Å². The van der Waals surface area contributed by atoms with Crippen LogP contribution in [0.3, 0.4) is 0 Å². The smallest absolute Gasteiger partial charge is 0.129 e. The van der Waals surface area contributed by atoms with E-state index in [0.29, 0.717) is 18.1 Å². The van der Waals surface area contributed by atoms with Crippen molar-refractivity contribution in [2.24, 2.45) is 5.92 Å². The third-order valence-corrected chi connectivity index (χ3v) is 6.13.